The summed E-state index contributed by atoms with van der Waals surface area (Å²) in [5, 5.41) is 1.24. The fourth-order valence-electron chi connectivity index (χ4n) is 21.0. The molecule has 90 heavy (non-hydrogen) atoms. The van der Waals surface area contributed by atoms with Crippen LogP contribution in [0.25, 0.3) is 16.4 Å². The van der Waals surface area contributed by atoms with E-state index in [1.165, 1.54) is 174 Å². The molecule has 6 aliphatic carbocycles. The van der Waals surface area contributed by atoms with Crippen molar-refractivity contribution in [3.8, 4) is 0 Å². The van der Waals surface area contributed by atoms with Gasteiger partial charge in [-0.25, -0.2) is 0 Å². The van der Waals surface area contributed by atoms with Crippen LogP contribution in [-0.4, -0.2) is 12.3 Å². The van der Waals surface area contributed by atoms with Gasteiger partial charge in [0.15, 0.2) is 0 Å². The molecule has 1 saturated carbocycles. The van der Waals surface area contributed by atoms with Crippen LogP contribution in [0.5, 0.6) is 0 Å². The summed E-state index contributed by atoms with van der Waals surface area (Å²) < 4.78 is 8.15. The molecule has 5 heteroatoms. The van der Waals surface area contributed by atoms with E-state index in [1.54, 1.807) is 5.56 Å². The fourth-order valence-corrected chi connectivity index (χ4v) is 21.0. The van der Waals surface area contributed by atoms with Crippen LogP contribution in [0.15, 0.2) is 95.0 Å². The number of fused-ring (bicyclic) bond motifs is 14. The maximum absolute atomic E-state index is 8.15. The highest BCUT2D eigenvalue weighted by Gasteiger charge is 2.61. The van der Waals surface area contributed by atoms with Crippen LogP contribution < -0.4 is 25.8 Å². The summed E-state index contributed by atoms with van der Waals surface area (Å²) in [6, 6.07) is 36.7. The van der Waals surface area contributed by atoms with E-state index in [9.17, 15) is 0 Å². The Morgan fingerprint density at radius 1 is 0.400 bits per heavy atom. The average Bonchev–Trinajstić information content (AvgIpc) is 1.45. The van der Waals surface area contributed by atoms with E-state index >= 15 is 0 Å². The number of hydrogen-bond donors (Lipinski definition) is 0. The fraction of sp³-hybridized carbons (Fsp3) is 0.529. The van der Waals surface area contributed by atoms with Gasteiger partial charge >= 0.3 is 0 Å². The van der Waals surface area contributed by atoms with Gasteiger partial charge in [0.1, 0.15) is 5.58 Å². The first-order valence-electron chi connectivity index (χ1n) is 35.4. The molecule has 16 rings (SSSR count). The summed E-state index contributed by atoms with van der Waals surface area (Å²) in [5.74, 6) is 0. The summed E-state index contributed by atoms with van der Waals surface area (Å²) in [4.78, 5) is 8.57. The molecule has 0 spiro atoms. The SMILES string of the molecule is Cc1cc(C)c2c(c1)N(c1cc3c4c(c1)N(c1ccc5c(c1)C(C)(C)CCC5(C)C)c1c(oc5cc6c(cc15)C(C)(C)CCC6(C)C)B4C1=C(N3c3ccc4c(c3)C(C)(C)CCC4(C)C)C(C)(C)c3cc4c(cc31)C(C)(C)CCC4(C)C)C1(C)CCCCC21C. The maximum Gasteiger partial charge on any atom is 0.297 e. The zero-order valence-corrected chi connectivity index (χ0v) is 59.4. The molecular formula is C85H104BN3O. The zero-order chi connectivity index (χ0) is 63.9. The van der Waals surface area contributed by atoms with E-state index in [2.05, 4.69) is 252 Å². The first-order chi connectivity index (χ1) is 41.9. The van der Waals surface area contributed by atoms with Gasteiger partial charge < -0.3 is 19.1 Å². The maximum atomic E-state index is 8.15. The molecule has 1 aromatic heterocycles. The minimum absolute atomic E-state index is 0.00234. The minimum atomic E-state index is -0.397. The number of rotatable bonds is 3. The molecule has 4 heterocycles. The second kappa shape index (κ2) is 17.8. The predicted molar refractivity (Wildman–Crippen MR) is 384 cm³/mol. The van der Waals surface area contributed by atoms with Gasteiger partial charge in [-0.1, -0.05) is 175 Å². The van der Waals surface area contributed by atoms with Crippen molar-refractivity contribution in [1.82, 2.24) is 0 Å². The van der Waals surface area contributed by atoms with Crippen LogP contribution in [0.4, 0.5) is 39.8 Å². The van der Waals surface area contributed by atoms with Crippen LogP contribution in [0.1, 0.15) is 288 Å². The summed E-state index contributed by atoms with van der Waals surface area (Å²) in [5.41, 5.74) is 34.1. The van der Waals surface area contributed by atoms with Crippen molar-refractivity contribution in [1.29, 1.82) is 0 Å². The highest BCUT2D eigenvalue weighted by atomic mass is 16.3. The summed E-state index contributed by atoms with van der Waals surface area (Å²) >= 11 is 0. The Balaban J connectivity index is 1.10. The Morgan fingerprint density at radius 2 is 0.856 bits per heavy atom. The van der Waals surface area contributed by atoms with Crippen molar-refractivity contribution in [2.75, 3.05) is 14.7 Å². The van der Waals surface area contributed by atoms with Crippen molar-refractivity contribution >= 4 is 74.1 Å². The Morgan fingerprint density at radius 3 is 1.40 bits per heavy atom. The van der Waals surface area contributed by atoms with Crippen molar-refractivity contribution in [3.63, 3.8) is 0 Å². The third-order valence-electron chi connectivity index (χ3n) is 27.3. The average molecular weight is 1190 g/mol. The zero-order valence-electron chi connectivity index (χ0n) is 59.4. The van der Waals surface area contributed by atoms with E-state index in [4.69, 9.17) is 4.42 Å². The van der Waals surface area contributed by atoms with Crippen molar-refractivity contribution in [3.05, 3.63) is 163 Å². The second-order valence-corrected chi connectivity index (χ2v) is 37.2. The number of nitrogens with zero attached hydrogens (tertiary/aromatic N) is 3. The van der Waals surface area contributed by atoms with Gasteiger partial charge in [0.25, 0.3) is 6.71 Å². The van der Waals surface area contributed by atoms with E-state index in [-0.39, 0.29) is 61.0 Å². The normalized spacial score (nSPS) is 26.3. The molecule has 3 aliphatic heterocycles. The smallest absolute Gasteiger partial charge is 0.297 e. The van der Waals surface area contributed by atoms with Crippen molar-refractivity contribution < 1.29 is 4.42 Å². The molecule has 468 valence electrons. The van der Waals surface area contributed by atoms with Gasteiger partial charge in [-0.05, 0) is 266 Å². The van der Waals surface area contributed by atoms with E-state index in [0.29, 0.717) is 0 Å². The molecule has 0 N–H and O–H groups in total. The van der Waals surface area contributed by atoms with Crippen molar-refractivity contribution in [2.45, 2.75) is 289 Å². The molecule has 7 aromatic rings. The molecule has 0 saturated heterocycles. The largest absolute Gasteiger partial charge is 0.468 e. The van der Waals surface area contributed by atoms with E-state index < -0.39 is 5.41 Å². The molecule has 1 fully saturated rings. The highest BCUT2D eigenvalue weighted by molar-refractivity contribution is 7.03. The summed E-state index contributed by atoms with van der Waals surface area (Å²) in [6.45, 7) is 55.1. The first-order valence-corrected chi connectivity index (χ1v) is 35.4. The minimum Gasteiger partial charge on any atom is -0.468 e. The Kier molecular flexibility index (Phi) is 11.7. The molecular weight excluding hydrogens is 1090 g/mol. The quantitative estimate of drug-likeness (QED) is 0.165. The Labute approximate surface area is 542 Å². The number of furan rings is 1. The Bertz CT molecular complexity index is 4390. The van der Waals surface area contributed by atoms with Crippen LogP contribution >= 0.6 is 0 Å². The van der Waals surface area contributed by atoms with Gasteiger partial charge in [-0.3, -0.25) is 0 Å². The van der Waals surface area contributed by atoms with E-state index in [0.717, 1.165) is 43.3 Å². The lowest BCUT2D eigenvalue weighted by Gasteiger charge is -2.51. The molecule has 0 amide bonds. The van der Waals surface area contributed by atoms with Crippen LogP contribution in [0.2, 0.25) is 0 Å². The third-order valence-corrected chi connectivity index (χ3v) is 27.3. The van der Waals surface area contributed by atoms with Gasteiger partial charge in [0.2, 0.25) is 0 Å². The number of benzene rings is 6. The van der Waals surface area contributed by atoms with Gasteiger partial charge in [-0.15, -0.1) is 0 Å². The lowest BCUT2D eigenvalue weighted by Crippen LogP contribution is -2.56. The Hall–Kier alpha value is -5.94. The molecule has 2 atom stereocenters. The van der Waals surface area contributed by atoms with Crippen molar-refractivity contribution in [2.24, 2.45) is 0 Å². The lowest BCUT2D eigenvalue weighted by atomic mass is 9.34. The third kappa shape index (κ3) is 7.62. The predicted octanol–water partition coefficient (Wildman–Crippen LogP) is 22.0. The van der Waals surface area contributed by atoms with Gasteiger partial charge in [-0.2, -0.15) is 0 Å². The molecule has 9 aliphatic rings. The lowest BCUT2D eigenvalue weighted by molar-refractivity contribution is 0.194. The first kappa shape index (κ1) is 59.1. The molecule has 6 aromatic carbocycles. The highest BCUT2D eigenvalue weighted by Crippen LogP contribution is 2.66. The second-order valence-electron chi connectivity index (χ2n) is 37.2. The standard InChI is InChI=1S/C85H104BN3O/c1-49-39-50(2)69-65(40-49)89(85(22)30-24-23-29-84(69,85)21)53-43-66-71-67(44-53)88(52-26-28-57-60(42-52)78(9,10)34-32-76(57,5)6)73-70(54-45-61-63(47-58(54)83(73,19)20)81(15,16)37-35-79(61,11)12)86(71)74-72(55-46-62-64(48-68(55)90-74)82(17,18)38-36-80(62,13)14)87(66)51-25-27-56-59(41-51)77(7,8)33-31-75(56,3)4/h25-28,39-48H,23-24,29-38H2,1-22H3. The molecule has 0 radical (unpaired) electrons. The number of allylic oxidation sites excluding steroid dienone is 1. The van der Waals surface area contributed by atoms with Gasteiger partial charge in [0.05, 0.1) is 16.9 Å². The number of hydrogen-bond acceptors (Lipinski definition) is 4. The number of aryl methyl sites for hydroxylation is 2. The molecule has 4 nitrogen and oxygen atoms in total. The van der Waals surface area contributed by atoms with Gasteiger partial charge in [0, 0.05) is 56.0 Å². The summed E-state index contributed by atoms with van der Waals surface area (Å²) in [7, 11) is 0. The monoisotopic (exact) mass is 1190 g/mol. The number of anilines is 7. The van der Waals surface area contributed by atoms with E-state index in [1.807, 2.05) is 0 Å². The summed E-state index contributed by atoms with van der Waals surface area (Å²) in [6.07, 6.45) is 14.1. The van der Waals surface area contributed by atoms with Crippen LogP contribution in [0.3, 0.4) is 0 Å². The topological polar surface area (TPSA) is 22.9 Å². The molecule has 2 unspecified atom stereocenters. The van der Waals surface area contributed by atoms with Crippen LogP contribution in [0, 0.1) is 13.8 Å². The molecule has 0 bridgehead atoms. The van der Waals surface area contributed by atoms with Crippen LogP contribution in [-0.2, 0) is 54.1 Å².